The molecule has 0 radical (unpaired) electrons. The maximum atomic E-state index is 4.09. The van der Waals surface area contributed by atoms with Crippen LogP contribution in [0.4, 0.5) is 0 Å². The summed E-state index contributed by atoms with van der Waals surface area (Å²) in [6.07, 6.45) is 5.39. The van der Waals surface area contributed by atoms with Crippen LogP contribution in [0.2, 0.25) is 0 Å². The molecule has 2 atom stereocenters. The molecule has 0 saturated heterocycles. The highest BCUT2D eigenvalue weighted by Gasteiger charge is 2.22. The van der Waals surface area contributed by atoms with Gasteiger partial charge in [0.2, 0.25) is 0 Å². The first-order chi connectivity index (χ1) is 5.74. The lowest BCUT2D eigenvalue weighted by Crippen LogP contribution is -1.96. The van der Waals surface area contributed by atoms with Gasteiger partial charge in [-0.25, -0.2) is 0 Å². The Labute approximate surface area is 78.1 Å². The Morgan fingerprint density at radius 2 is 1.92 bits per heavy atom. The smallest absolute Gasteiger partial charge is 0.0203 e. The maximum Gasteiger partial charge on any atom is -0.0203 e. The zero-order valence-corrected chi connectivity index (χ0v) is 9.19. The van der Waals surface area contributed by atoms with Gasteiger partial charge in [0.05, 0.1) is 0 Å². The van der Waals surface area contributed by atoms with Crippen molar-refractivity contribution in [1.29, 1.82) is 0 Å². The molecule has 12 heavy (non-hydrogen) atoms. The minimum Gasteiger partial charge on any atom is -0.0996 e. The fourth-order valence-corrected chi connectivity index (χ4v) is 1.87. The average molecular weight is 168 g/mol. The van der Waals surface area contributed by atoms with E-state index in [4.69, 9.17) is 0 Å². The third kappa shape index (κ3) is 3.42. The molecule has 0 spiro atoms. The molecule has 0 aromatic carbocycles. The summed E-state index contributed by atoms with van der Waals surface area (Å²) < 4.78 is 0. The monoisotopic (exact) mass is 168 g/mol. The summed E-state index contributed by atoms with van der Waals surface area (Å²) in [5.74, 6) is 1.81. The lowest BCUT2D eigenvalue weighted by atomic mass is 9.96. The Hall–Kier alpha value is -0.260. The van der Waals surface area contributed by atoms with Crippen molar-refractivity contribution in [3.8, 4) is 0 Å². The normalized spacial score (nSPS) is 27.7. The Kier molecular flexibility index (Phi) is 6.14. The van der Waals surface area contributed by atoms with E-state index in [-0.39, 0.29) is 0 Å². The molecule has 1 fully saturated rings. The first kappa shape index (κ1) is 11.7. The highest BCUT2D eigenvalue weighted by atomic mass is 14.3. The van der Waals surface area contributed by atoms with Gasteiger partial charge in [-0.2, -0.15) is 0 Å². The lowest BCUT2D eigenvalue weighted by molar-refractivity contribution is 0.564. The van der Waals surface area contributed by atoms with Crippen LogP contribution >= 0.6 is 0 Å². The van der Waals surface area contributed by atoms with E-state index in [2.05, 4.69) is 20.4 Å². The third-order valence-corrected chi connectivity index (χ3v) is 2.73. The quantitative estimate of drug-likeness (QED) is 0.536. The van der Waals surface area contributed by atoms with Crippen molar-refractivity contribution in [1.82, 2.24) is 0 Å². The van der Waals surface area contributed by atoms with Gasteiger partial charge in [0.1, 0.15) is 0 Å². The fourth-order valence-electron chi connectivity index (χ4n) is 1.87. The SMILES string of the molecule is C=C(CC)C1CCC(C)C1.CC. The average Bonchev–Trinajstić information content (AvgIpc) is 2.54. The Morgan fingerprint density at radius 1 is 1.33 bits per heavy atom. The van der Waals surface area contributed by atoms with E-state index in [1.807, 2.05) is 13.8 Å². The molecule has 0 aromatic heterocycles. The molecule has 0 heterocycles. The zero-order valence-electron chi connectivity index (χ0n) is 9.19. The van der Waals surface area contributed by atoms with Crippen LogP contribution in [-0.2, 0) is 0 Å². The second kappa shape index (κ2) is 6.28. The van der Waals surface area contributed by atoms with Crippen molar-refractivity contribution < 1.29 is 0 Å². The lowest BCUT2D eigenvalue weighted by Gasteiger charge is -2.10. The summed E-state index contributed by atoms with van der Waals surface area (Å²) in [6.45, 7) is 12.7. The second-order valence-electron chi connectivity index (χ2n) is 3.63. The Morgan fingerprint density at radius 3 is 2.25 bits per heavy atom. The van der Waals surface area contributed by atoms with Gasteiger partial charge in [-0.1, -0.05) is 46.3 Å². The minimum absolute atomic E-state index is 0.861. The first-order valence-electron chi connectivity index (χ1n) is 5.41. The van der Waals surface area contributed by atoms with Crippen LogP contribution in [0.1, 0.15) is 53.4 Å². The molecule has 1 aliphatic carbocycles. The fraction of sp³-hybridized carbons (Fsp3) is 0.833. The molecule has 2 unspecified atom stereocenters. The van der Waals surface area contributed by atoms with Crippen molar-refractivity contribution >= 4 is 0 Å². The largest absolute Gasteiger partial charge is 0.0996 e. The molecule has 72 valence electrons. The van der Waals surface area contributed by atoms with E-state index in [1.165, 1.54) is 31.3 Å². The van der Waals surface area contributed by atoms with Gasteiger partial charge in [0, 0.05) is 0 Å². The van der Waals surface area contributed by atoms with Gasteiger partial charge in [0.25, 0.3) is 0 Å². The van der Waals surface area contributed by atoms with Gasteiger partial charge in [-0.15, -0.1) is 0 Å². The molecule has 0 nitrogen and oxygen atoms in total. The van der Waals surface area contributed by atoms with Crippen molar-refractivity contribution in [2.45, 2.75) is 53.4 Å². The molecule has 0 aromatic rings. The van der Waals surface area contributed by atoms with Gasteiger partial charge in [0.15, 0.2) is 0 Å². The molecule has 1 saturated carbocycles. The molecule has 1 rings (SSSR count). The Balaban J connectivity index is 0.000000561. The summed E-state index contributed by atoms with van der Waals surface area (Å²) >= 11 is 0. The molecule has 1 aliphatic rings. The van der Waals surface area contributed by atoms with E-state index in [1.54, 1.807) is 0 Å². The van der Waals surface area contributed by atoms with Gasteiger partial charge >= 0.3 is 0 Å². The predicted molar refractivity (Wildman–Crippen MR) is 57.3 cm³/mol. The molecule has 0 amide bonds. The molecular formula is C12H24. The summed E-state index contributed by atoms with van der Waals surface area (Å²) in [6, 6.07) is 0. The maximum absolute atomic E-state index is 4.09. The van der Waals surface area contributed by atoms with Crippen LogP contribution in [0.3, 0.4) is 0 Å². The summed E-state index contributed by atoms with van der Waals surface area (Å²) in [4.78, 5) is 0. The van der Waals surface area contributed by atoms with Gasteiger partial charge < -0.3 is 0 Å². The summed E-state index contributed by atoms with van der Waals surface area (Å²) in [5.41, 5.74) is 1.48. The number of allylic oxidation sites excluding steroid dienone is 1. The summed E-state index contributed by atoms with van der Waals surface area (Å²) in [7, 11) is 0. The Bertz CT molecular complexity index is 124. The molecule has 0 bridgehead atoms. The molecule has 0 heteroatoms. The predicted octanol–water partition coefficient (Wildman–Crippen LogP) is 4.42. The summed E-state index contributed by atoms with van der Waals surface area (Å²) in [5, 5.41) is 0. The van der Waals surface area contributed by atoms with Crippen molar-refractivity contribution in [2.75, 3.05) is 0 Å². The first-order valence-corrected chi connectivity index (χ1v) is 5.41. The van der Waals surface area contributed by atoms with E-state index >= 15 is 0 Å². The molecule has 0 aliphatic heterocycles. The number of rotatable bonds is 2. The van der Waals surface area contributed by atoms with Crippen molar-refractivity contribution in [3.05, 3.63) is 12.2 Å². The van der Waals surface area contributed by atoms with Gasteiger partial charge in [-0.3, -0.25) is 0 Å². The van der Waals surface area contributed by atoms with Crippen LogP contribution in [0.15, 0.2) is 12.2 Å². The van der Waals surface area contributed by atoms with Crippen LogP contribution in [-0.4, -0.2) is 0 Å². The second-order valence-corrected chi connectivity index (χ2v) is 3.63. The number of hydrogen-bond donors (Lipinski definition) is 0. The van der Waals surface area contributed by atoms with E-state index in [0.717, 1.165) is 11.8 Å². The molecule has 0 N–H and O–H groups in total. The van der Waals surface area contributed by atoms with Crippen LogP contribution in [0, 0.1) is 11.8 Å². The van der Waals surface area contributed by atoms with E-state index in [9.17, 15) is 0 Å². The van der Waals surface area contributed by atoms with Crippen LogP contribution < -0.4 is 0 Å². The standard InChI is InChI=1S/C10H18.C2H6/c1-4-9(3)10-6-5-8(2)7-10;1-2/h8,10H,3-7H2,1-2H3;1-2H3. The van der Waals surface area contributed by atoms with Crippen molar-refractivity contribution in [2.24, 2.45) is 11.8 Å². The molecular weight excluding hydrogens is 144 g/mol. The minimum atomic E-state index is 0.861. The highest BCUT2D eigenvalue weighted by Crippen LogP contribution is 2.35. The van der Waals surface area contributed by atoms with Crippen molar-refractivity contribution in [3.63, 3.8) is 0 Å². The third-order valence-electron chi connectivity index (χ3n) is 2.73. The van der Waals surface area contributed by atoms with Gasteiger partial charge in [-0.05, 0) is 31.1 Å². The number of hydrogen-bond acceptors (Lipinski definition) is 0. The topological polar surface area (TPSA) is 0 Å². The zero-order chi connectivity index (χ0) is 9.56. The van der Waals surface area contributed by atoms with Crippen LogP contribution in [0.5, 0.6) is 0 Å². The van der Waals surface area contributed by atoms with Crippen LogP contribution in [0.25, 0.3) is 0 Å². The highest BCUT2D eigenvalue weighted by molar-refractivity contribution is 5.02. The van der Waals surface area contributed by atoms with E-state index < -0.39 is 0 Å². The van der Waals surface area contributed by atoms with E-state index in [0.29, 0.717) is 0 Å².